The van der Waals surface area contributed by atoms with Gasteiger partial charge in [0, 0.05) is 33.1 Å². The van der Waals surface area contributed by atoms with Gasteiger partial charge in [-0.2, -0.15) is 10.1 Å². The predicted molar refractivity (Wildman–Crippen MR) is 131 cm³/mol. The average Bonchev–Trinajstić information content (AvgIpc) is 3.40. The Labute approximate surface area is 202 Å². The number of pyridine rings is 1. The van der Waals surface area contributed by atoms with Crippen LogP contribution in [0.2, 0.25) is 0 Å². The van der Waals surface area contributed by atoms with Gasteiger partial charge in [0.05, 0.1) is 23.4 Å². The first-order valence-corrected chi connectivity index (χ1v) is 11.0. The zero-order valence-electron chi connectivity index (χ0n) is 20.0. The Morgan fingerprint density at radius 3 is 2.83 bits per heavy atom. The van der Waals surface area contributed by atoms with Crippen LogP contribution in [0, 0.1) is 0 Å². The van der Waals surface area contributed by atoms with E-state index < -0.39 is 5.60 Å². The van der Waals surface area contributed by atoms with Crippen LogP contribution in [-0.2, 0) is 9.53 Å². The molecule has 2 aliphatic rings. The topological polar surface area (TPSA) is 138 Å². The minimum absolute atomic E-state index is 0.108. The molecule has 3 N–H and O–H groups in total. The van der Waals surface area contributed by atoms with Gasteiger partial charge in [0.15, 0.2) is 5.82 Å². The van der Waals surface area contributed by atoms with Crippen LogP contribution in [0.15, 0.2) is 73.4 Å². The standard InChI is InChI=1S/C23H28N8O4/c1-14(20(32)28-16-8-9-23(16,2)34-5)19-29-17(13-18(24-3)31(19)25-4)27-15-7-6-11-30(21(15)33)22-26-10-12-35-22/h6-7,10-13,16,24H,4,8-9H2,1-3,5H3,(H,27,29)(H,28,32)/b19-14+/t16-,23?/m1/s1. The number of ether oxygens (including phenoxy) is 1. The number of aliphatic imine (C=N–C) groups is 1. The third-order valence-electron chi connectivity index (χ3n) is 6.28. The minimum atomic E-state index is -0.397. The molecule has 0 aromatic carbocycles. The Kier molecular flexibility index (Phi) is 6.56. The van der Waals surface area contributed by atoms with E-state index in [0.717, 1.165) is 12.8 Å². The quantitative estimate of drug-likeness (QED) is 0.401. The van der Waals surface area contributed by atoms with Crippen molar-refractivity contribution in [2.75, 3.05) is 19.5 Å². The van der Waals surface area contributed by atoms with Crippen molar-refractivity contribution in [3.8, 4) is 6.01 Å². The molecule has 2 atom stereocenters. The van der Waals surface area contributed by atoms with E-state index in [-0.39, 0.29) is 35.0 Å². The third-order valence-corrected chi connectivity index (χ3v) is 6.28. The summed E-state index contributed by atoms with van der Waals surface area (Å²) >= 11 is 0. The van der Waals surface area contributed by atoms with Gasteiger partial charge < -0.3 is 25.1 Å². The van der Waals surface area contributed by atoms with Crippen molar-refractivity contribution >= 4 is 24.1 Å². The lowest BCUT2D eigenvalue weighted by molar-refractivity contribution is -0.127. The van der Waals surface area contributed by atoms with Gasteiger partial charge in [-0.3, -0.25) is 9.59 Å². The van der Waals surface area contributed by atoms with Crippen LogP contribution in [0.3, 0.4) is 0 Å². The average molecular weight is 481 g/mol. The number of hydrazone groups is 1. The Hall–Kier alpha value is -4.19. The number of hydrogen-bond acceptors (Lipinski definition) is 10. The lowest BCUT2D eigenvalue weighted by Crippen LogP contribution is -2.59. The van der Waals surface area contributed by atoms with Gasteiger partial charge in [0.1, 0.15) is 23.6 Å². The van der Waals surface area contributed by atoms with Crippen LogP contribution < -0.4 is 21.5 Å². The van der Waals surface area contributed by atoms with E-state index in [1.807, 2.05) is 6.92 Å². The van der Waals surface area contributed by atoms with Crippen molar-refractivity contribution in [1.29, 1.82) is 0 Å². The smallest absolute Gasteiger partial charge is 0.308 e. The van der Waals surface area contributed by atoms with E-state index in [1.54, 1.807) is 45.5 Å². The van der Waals surface area contributed by atoms with Crippen molar-refractivity contribution in [2.24, 2.45) is 10.1 Å². The predicted octanol–water partition coefficient (Wildman–Crippen LogP) is 1.54. The van der Waals surface area contributed by atoms with Crippen LogP contribution in [0.1, 0.15) is 26.7 Å². The van der Waals surface area contributed by atoms with Gasteiger partial charge >= 0.3 is 6.01 Å². The maximum Gasteiger partial charge on any atom is 0.308 e. The van der Waals surface area contributed by atoms with Crippen molar-refractivity contribution in [3.63, 3.8) is 0 Å². The fourth-order valence-electron chi connectivity index (χ4n) is 3.87. The fourth-order valence-corrected chi connectivity index (χ4v) is 3.87. The first-order valence-electron chi connectivity index (χ1n) is 11.0. The number of carbonyl (C=O) groups is 1. The molecule has 2 aromatic heterocycles. The Morgan fingerprint density at radius 1 is 1.43 bits per heavy atom. The summed E-state index contributed by atoms with van der Waals surface area (Å²) in [7, 11) is 3.34. The number of rotatable bonds is 7. The lowest BCUT2D eigenvalue weighted by Gasteiger charge is -2.46. The maximum absolute atomic E-state index is 13.1. The van der Waals surface area contributed by atoms with Gasteiger partial charge in [-0.1, -0.05) is 0 Å². The number of methoxy groups -OCH3 is 1. The first-order chi connectivity index (χ1) is 16.8. The molecule has 0 spiro atoms. The van der Waals surface area contributed by atoms with Crippen molar-refractivity contribution in [3.05, 3.63) is 64.4 Å². The molecule has 0 radical (unpaired) electrons. The van der Waals surface area contributed by atoms with Crippen molar-refractivity contribution in [1.82, 2.24) is 25.2 Å². The van der Waals surface area contributed by atoms with E-state index >= 15 is 0 Å². The molecule has 1 unspecified atom stereocenters. The highest BCUT2D eigenvalue weighted by atomic mass is 16.5. The van der Waals surface area contributed by atoms with E-state index in [0.29, 0.717) is 17.2 Å². The zero-order chi connectivity index (χ0) is 25.2. The molecule has 1 aliphatic carbocycles. The number of amides is 1. The molecule has 35 heavy (non-hydrogen) atoms. The van der Waals surface area contributed by atoms with E-state index in [4.69, 9.17) is 9.15 Å². The Balaban J connectivity index is 1.66. The molecule has 1 amide bonds. The van der Waals surface area contributed by atoms with Gasteiger partial charge in [0.25, 0.3) is 11.5 Å². The Bertz CT molecular complexity index is 1270. The summed E-state index contributed by atoms with van der Waals surface area (Å²) in [4.78, 5) is 34.6. The van der Waals surface area contributed by atoms with Crippen LogP contribution >= 0.6 is 0 Å². The highest BCUT2D eigenvalue weighted by molar-refractivity contribution is 6.06. The highest BCUT2D eigenvalue weighted by Crippen LogP contribution is 2.35. The molecule has 0 bridgehead atoms. The largest absolute Gasteiger partial charge is 0.432 e. The molecule has 0 saturated heterocycles. The molecule has 1 saturated carbocycles. The number of hydrogen-bond donors (Lipinski definition) is 3. The summed E-state index contributed by atoms with van der Waals surface area (Å²) in [6, 6.07) is 3.33. The second kappa shape index (κ2) is 9.58. The summed E-state index contributed by atoms with van der Waals surface area (Å²) in [6.07, 6.45) is 7.73. The monoisotopic (exact) mass is 480 g/mol. The summed E-state index contributed by atoms with van der Waals surface area (Å²) in [6.45, 7) is 7.23. The van der Waals surface area contributed by atoms with E-state index in [2.05, 4.69) is 37.7 Å². The fraction of sp³-hybridized carbons (Fsp3) is 0.348. The number of nitrogens with zero attached hydrogens (tertiary/aromatic N) is 5. The Morgan fingerprint density at radius 2 is 2.23 bits per heavy atom. The summed E-state index contributed by atoms with van der Waals surface area (Å²) in [5, 5.41) is 14.5. The molecular weight excluding hydrogens is 452 g/mol. The second-order valence-electron chi connectivity index (χ2n) is 8.30. The van der Waals surface area contributed by atoms with Crippen LogP contribution in [-0.4, -0.2) is 58.8 Å². The zero-order valence-corrected chi connectivity index (χ0v) is 20.0. The molecule has 184 valence electrons. The molecule has 12 nitrogen and oxygen atoms in total. The summed E-state index contributed by atoms with van der Waals surface area (Å²) in [5.74, 6) is 0.792. The molecular formula is C23H28N8O4. The number of oxazole rings is 1. The number of amidine groups is 1. The third kappa shape index (κ3) is 4.47. The van der Waals surface area contributed by atoms with E-state index in [9.17, 15) is 9.59 Å². The number of nitrogens with one attached hydrogen (secondary N) is 3. The summed E-state index contributed by atoms with van der Waals surface area (Å²) in [5.41, 5.74) is -0.215. The van der Waals surface area contributed by atoms with Gasteiger partial charge in [-0.05, 0) is 38.8 Å². The summed E-state index contributed by atoms with van der Waals surface area (Å²) < 4.78 is 12.1. The normalized spacial score (nSPS) is 23.0. The first kappa shape index (κ1) is 24.0. The maximum atomic E-state index is 13.1. The number of anilines is 1. The number of aromatic nitrogens is 2. The molecule has 2 aromatic rings. The molecule has 1 fully saturated rings. The SMILES string of the molecule is C=NN1C(NC)=CC(Nc2cccn(-c3ncco3)c2=O)=N/C1=C(/C)C(=O)N[C@@H]1CCC1(C)OC. The number of carbonyl (C=O) groups excluding carboxylic acids is 1. The molecule has 3 heterocycles. The van der Waals surface area contributed by atoms with Gasteiger partial charge in [-0.15, -0.1) is 0 Å². The van der Waals surface area contributed by atoms with Crippen molar-refractivity contribution < 1.29 is 13.9 Å². The van der Waals surface area contributed by atoms with Crippen LogP contribution in [0.4, 0.5) is 5.69 Å². The molecule has 4 rings (SSSR count). The highest BCUT2D eigenvalue weighted by Gasteiger charge is 2.44. The van der Waals surface area contributed by atoms with Gasteiger partial charge in [-0.25, -0.2) is 14.5 Å². The molecule has 12 heteroatoms. The van der Waals surface area contributed by atoms with Gasteiger partial charge in [0.2, 0.25) is 0 Å². The van der Waals surface area contributed by atoms with Crippen LogP contribution in [0.5, 0.6) is 0 Å². The lowest BCUT2D eigenvalue weighted by atomic mass is 9.76. The van der Waals surface area contributed by atoms with E-state index in [1.165, 1.54) is 22.0 Å². The second-order valence-corrected chi connectivity index (χ2v) is 8.30. The van der Waals surface area contributed by atoms with Crippen LogP contribution in [0.25, 0.3) is 6.01 Å². The minimum Gasteiger partial charge on any atom is -0.432 e. The van der Waals surface area contributed by atoms with Crippen molar-refractivity contribution in [2.45, 2.75) is 38.3 Å². The molecule has 1 aliphatic heterocycles.